The van der Waals surface area contributed by atoms with Crippen molar-refractivity contribution < 1.29 is 18.0 Å². The molecule has 1 aliphatic carbocycles. The van der Waals surface area contributed by atoms with Crippen LogP contribution in [0.25, 0.3) is 23.4 Å². The minimum Gasteiger partial charge on any atom is -0.399 e. The first-order valence-corrected chi connectivity index (χ1v) is 9.18. The highest BCUT2D eigenvalue weighted by Gasteiger charge is 2.42. The summed E-state index contributed by atoms with van der Waals surface area (Å²) in [6, 6.07) is 7.57. The number of nitrogens with zero attached hydrogens (tertiary/aromatic N) is 2. The van der Waals surface area contributed by atoms with E-state index in [1.165, 1.54) is 0 Å². The number of amides is 1. The zero-order valence-corrected chi connectivity index (χ0v) is 15.2. The van der Waals surface area contributed by atoms with E-state index in [1.54, 1.807) is 6.08 Å². The number of alkyl halides is 3. The largest absolute Gasteiger partial charge is 0.471 e. The third-order valence-corrected chi connectivity index (χ3v) is 5.19. The first kappa shape index (κ1) is 18.4. The van der Waals surface area contributed by atoms with Gasteiger partial charge in [-0.1, -0.05) is 18.2 Å². The number of rotatable bonds is 2. The summed E-state index contributed by atoms with van der Waals surface area (Å²) >= 11 is 0. The van der Waals surface area contributed by atoms with E-state index in [2.05, 4.69) is 16.7 Å². The highest BCUT2D eigenvalue weighted by molar-refractivity contribution is 5.83. The first-order valence-electron chi connectivity index (χ1n) is 9.18. The van der Waals surface area contributed by atoms with Crippen molar-refractivity contribution in [3.63, 3.8) is 0 Å². The number of carbonyl (C=O) groups excluding carboxylic acids is 1. The van der Waals surface area contributed by atoms with Crippen molar-refractivity contribution in [1.29, 1.82) is 0 Å². The van der Waals surface area contributed by atoms with Gasteiger partial charge in [-0.25, -0.2) is 0 Å². The minimum absolute atomic E-state index is 0.0286. The molecule has 2 N–H and O–H groups in total. The third-order valence-electron chi connectivity index (χ3n) is 5.19. The predicted molar refractivity (Wildman–Crippen MR) is 103 cm³/mol. The van der Waals surface area contributed by atoms with E-state index in [1.807, 2.05) is 30.5 Å². The lowest BCUT2D eigenvalue weighted by atomic mass is 9.99. The van der Waals surface area contributed by atoms with Crippen LogP contribution in [0.4, 0.5) is 18.9 Å². The summed E-state index contributed by atoms with van der Waals surface area (Å²) in [4.78, 5) is 12.3. The molecule has 28 heavy (non-hydrogen) atoms. The zero-order chi connectivity index (χ0) is 19.9. The number of nitrogens with two attached hydrogens (primary N) is 1. The van der Waals surface area contributed by atoms with E-state index < -0.39 is 12.1 Å². The van der Waals surface area contributed by atoms with Crippen LogP contribution in [0.5, 0.6) is 0 Å². The minimum atomic E-state index is -4.83. The second-order valence-corrected chi connectivity index (χ2v) is 7.02. The molecule has 7 heteroatoms. The predicted octanol–water partition coefficient (Wildman–Crippen LogP) is 2.59. The van der Waals surface area contributed by atoms with Gasteiger partial charge in [-0.3, -0.25) is 4.79 Å². The number of fused-ring (bicyclic) bond motifs is 1. The van der Waals surface area contributed by atoms with Gasteiger partial charge in [0.05, 0.1) is 0 Å². The molecular formula is C21H20F3N3O. The average Bonchev–Trinajstić information content (AvgIpc) is 3.07. The standard InChI is InChI=1S/C21H20F3N3O/c22-21(23,24)20(28)26-11-9-14(10-12-26)18-13-27(16-7-5-15(25)6-8-16)19-4-2-1-3-17(18)19/h3-9,13H,1-2,10-12,25H2. The van der Waals surface area contributed by atoms with Gasteiger partial charge in [0.1, 0.15) is 0 Å². The van der Waals surface area contributed by atoms with Crippen LogP contribution in [-0.2, 0) is 4.79 Å². The van der Waals surface area contributed by atoms with Gasteiger partial charge in [-0.2, -0.15) is 13.2 Å². The molecule has 2 heterocycles. The number of aromatic nitrogens is 1. The molecule has 2 aliphatic rings. The van der Waals surface area contributed by atoms with E-state index in [0.717, 1.165) is 45.1 Å². The van der Waals surface area contributed by atoms with E-state index in [4.69, 9.17) is 5.73 Å². The van der Waals surface area contributed by atoms with Gasteiger partial charge in [0.15, 0.2) is 0 Å². The smallest absolute Gasteiger partial charge is 0.399 e. The molecule has 0 saturated carbocycles. The molecule has 4 nitrogen and oxygen atoms in total. The summed E-state index contributed by atoms with van der Waals surface area (Å²) in [7, 11) is 0. The molecule has 1 aliphatic heterocycles. The van der Waals surface area contributed by atoms with Crippen LogP contribution < -0.4 is 16.3 Å². The number of nitrogen functional groups attached to an aromatic ring is 1. The van der Waals surface area contributed by atoms with Crippen LogP contribution in [0.15, 0.2) is 36.5 Å². The molecular weight excluding hydrogens is 367 g/mol. The second kappa shape index (κ2) is 6.89. The number of benzene rings is 1. The number of carbonyl (C=O) groups is 1. The molecule has 1 aromatic carbocycles. The van der Waals surface area contributed by atoms with Crippen LogP contribution in [0, 0.1) is 0 Å². The number of halogens is 3. The Labute approximate surface area is 160 Å². The average molecular weight is 387 g/mol. The Bertz CT molecular complexity index is 1060. The third kappa shape index (κ3) is 3.32. The van der Waals surface area contributed by atoms with Gasteiger partial charge in [-0.15, -0.1) is 0 Å². The number of hydrogen-bond donors (Lipinski definition) is 1. The van der Waals surface area contributed by atoms with Crippen molar-refractivity contribution >= 4 is 29.3 Å². The van der Waals surface area contributed by atoms with Crippen molar-refractivity contribution in [2.45, 2.75) is 25.4 Å². The summed E-state index contributed by atoms with van der Waals surface area (Å²) in [6.07, 6.45) is 5.56. The van der Waals surface area contributed by atoms with Gasteiger partial charge in [0.2, 0.25) is 0 Å². The highest BCUT2D eigenvalue weighted by Crippen LogP contribution is 2.25. The Morgan fingerprint density at radius 1 is 1.04 bits per heavy atom. The van der Waals surface area contributed by atoms with Crippen molar-refractivity contribution in [3.05, 3.63) is 52.7 Å². The fourth-order valence-electron chi connectivity index (χ4n) is 3.79. The summed E-state index contributed by atoms with van der Waals surface area (Å²) in [6.45, 7) is 0.0366. The fourth-order valence-corrected chi connectivity index (χ4v) is 3.79. The van der Waals surface area contributed by atoms with Crippen molar-refractivity contribution in [1.82, 2.24) is 9.47 Å². The lowest BCUT2D eigenvalue weighted by Crippen LogP contribution is -2.43. The second-order valence-electron chi connectivity index (χ2n) is 7.02. The van der Waals surface area contributed by atoms with Crippen LogP contribution in [0.2, 0.25) is 0 Å². The van der Waals surface area contributed by atoms with Gasteiger partial charge in [0, 0.05) is 46.8 Å². The molecule has 1 amide bonds. The SMILES string of the molecule is Nc1ccc(-n2cc(C3=CCN(C(=O)C(F)(F)F)CC3)c3c2=CCCC=3)cc1. The van der Waals surface area contributed by atoms with Gasteiger partial charge in [-0.05, 0) is 49.1 Å². The summed E-state index contributed by atoms with van der Waals surface area (Å²) < 4.78 is 40.1. The molecule has 0 spiro atoms. The van der Waals surface area contributed by atoms with Gasteiger partial charge < -0.3 is 15.2 Å². The zero-order valence-electron chi connectivity index (χ0n) is 15.2. The van der Waals surface area contributed by atoms with Crippen LogP contribution in [0.1, 0.15) is 24.8 Å². The molecule has 1 aromatic heterocycles. The van der Waals surface area contributed by atoms with Crippen molar-refractivity contribution in [3.8, 4) is 5.69 Å². The van der Waals surface area contributed by atoms with E-state index in [0.29, 0.717) is 12.1 Å². The summed E-state index contributed by atoms with van der Waals surface area (Å²) in [5.74, 6) is -1.77. The summed E-state index contributed by atoms with van der Waals surface area (Å²) in [5.41, 5.74) is 9.44. The Balaban J connectivity index is 1.71. The normalized spacial score (nSPS) is 16.7. The van der Waals surface area contributed by atoms with E-state index in [9.17, 15) is 18.0 Å². The Morgan fingerprint density at radius 2 is 1.75 bits per heavy atom. The molecule has 146 valence electrons. The maximum absolute atomic E-state index is 12.7. The van der Waals surface area contributed by atoms with Crippen LogP contribution >= 0.6 is 0 Å². The molecule has 0 radical (unpaired) electrons. The summed E-state index contributed by atoms with van der Waals surface area (Å²) in [5, 5.41) is 2.19. The van der Waals surface area contributed by atoms with E-state index in [-0.39, 0.29) is 13.1 Å². The molecule has 0 saturated heterocycles. The monoisotopic (exact) mass is 387 g/mol. The molecule has 0 fully saturated rings. The van der Waals surface area contributed by atoms with Crippen LogP contribution in [0.3, 0.4) is 0 Å². The Hall–Kier alpha value is -2.96. The van der Waals surface area contributed by atoms with Crippen molar-refractivity contribution in [2.75, 3.05) is 18.8 Å². The Kier molecular flexibility index (Phi) is 4.53. The van der Waals surface area contributed by atoms with Crippen molar-refractivity contribution in [2.24, 2.45) is 0 Å². The van der Waals surface area contributed by atoms with Crippen LogP contribution in [-0.4, -0.2) is 34.6 Å². The molecule has 0 unspecified atom stereocenters. The first-order chi connectivity index (χ1) is 13.3. The number of hydrogen-bond acceptors (Lipinski definition) is 2. The maximum Gasteiger partial charge on any atom is 0.471 e. The highest BCUT2D eigenvalue weighted by atomic mass is 19.4. The molecule has 4 rings (SSSR count). The molecule has 0 atom stereocenters. The van der Waals surface area contributed by atoms with E-state index >= 15 is 0 Å². The Morgan fingerprint density at radius 3 is 2.39 bits per heavy atom. The lowest BCUT2D eigenvalue weighted by molar-refractivity contribution is -0.185. The lowest BCUT2D eigenvalue weighted by Gasteiger charge is -2.27. The topological polar surface area (TPSA) is 51.3 Å². The van der Waals surface area contributed by atoms with Gasteiger partial charge in [0.25, 0.3) is 0 Å². The number of anilines is 1. The van der Waals surface area contributed by atoms with Gasteiger partial charge >= 0.3 is 12.1 Å². The fraction of sp³-hybridized carbons (Fsp3) is 0.286. The quantitative estimate of drug-likeness (QED) is 0.806. The maximum atomic E-state index is 12.7. The molecule has 2 aromatic rings. The molecule has 0 bridgehead atoms.